The van der Waals surface area contributed by atoms with Crippen LogP contribution in [0, 0.1) is 0 Å². The van der Waals surface area contributed by atoms with Gasteiger partial charge in [-0.25, -0.2) is 0 Å². The summed E-state index contributed by atoms with van der Waals surface area (Å²) >= 11 is 0. The van der Waals surface area contributed by atoms with Crippen molar-refractivity contribution in [1.29, 1.82) is 0 Å². The molecule has 0 spiro atoms. The number of amides is 1. The van der Waals surface area contributed by atoms with Gasteiger partial charge in [-0.2, -0.15) is 0 Å². The number of hydrazine groups is 1. The van der Waals surface area contributed by atoms with E-state index < -0.39 is 13.0 Å². The molecule has 1 atom stereocenters. The highest BCUT2D eigenvalue weighted by atomic mass is 19.4. The summed E-state index contributed by atoms with van der Waals surface area (Å²) in [6, 6.07) is 6.47. The molecular formula is C15H22F3N3O3. The molecule has 0 aliphatic carbocycles. The van der Waals surface area contributed by atoms with E-state index in [9.17, 15) is 18.0 Å². The van der Waals surface area contributed by atoms with Crippen molar-refractivity contribution in [1.82, 2.24) is 16.2 Å². The Morgan fingerprint density at radius 3 is 2.46 bits per heavy atom. The molecule has 24 heavy (non-hydrogen) atoms. The lowest BCUT2D eigenvalue weighted by molar-refractivity contribution is -0.323. The Morgan fingerprint density at radius 1 is 1.25 bits per heavy atom. The van der Waals surface area contributed by atoms with Crippen molar-refractivity contribution in [2.45, 2.75) is 32.3 Å². The van der Waals surface area contributed by atoms with Crippen LogP contribution in [0.5, 0.6) is 0 Å². The van der Waals surface area contributed by atoms with Crippen LogP contribution in [0.1, 0.15) is 29.3 Å². The highest BCUT2D eigenvalue weighted by Gasteiger charge is 2.28. The maximum Gasteiger partial charge on any atom is 0.522 e. The summed E-state index contributed by atoms with van der Waals surface area (Å²) in [6.07, 6.45) is -3.99. The zero-order valence-electron chi connectivity index (χ0n) is 13.3. The molecule has 0 saturated heterocycles. The summed E-state index contributed by atoms with van der Waals surface area (Å²) in [5.74, 6) is -0.266. The number of carbonyl (C=O) groups excluding carboxylic acids is 1. The Bertz CT molecular complexity index is 491. The predicted molar refractivity (Wildman–Crippen MR) is 81.9 cm³/mol. The molecule has 6 nitrogen and oxygen atoms in total. The van der Waals surface area contributed by atoms with Crippen molar-refractivity contribution in [3.8, 4) is 0 Å². The third-order valence-electron chi connectivity index (χ3n) is 3.17. The number of halogens is 3. The summed E-state index contributed by atoms with van der Waals surface area (Å²) in [5.41, 5.74) is 6.68. The Hall–Kier alpha value is -1.68. The first kappa shape index (κ1) is 20.4. The quantitative estimate of drug-likeness (QED) is 0.378. The van der Waals surface area contributed by atoms with Crippen LogP contribution < -0.4 is 16.2 Å². The summed E-state index contributed by atoms with van der Waals surface area (Å²) in [5, 5.41) is 11.8. The number of aliphatic hydroxyl groups is 1. The van der Waals surface area contributed by atoms with Gasteiger partial charge in [0.1, 0.15) is 0 Å². The molecule has 1 rings (SSSR count). The van der Waals surface area contributed by atoms with Crippen LogP contribution in [0.4, 0.5) is 13.2 Å². The molecule has 0 aliphatic rings. The molecule has 9 heteroatoms. The first-order chi connectivity index (χ1) is 11.4. The van der Waals surface area contributed by atoms with E-state index in [0.29, 0.717) is 18.5 Å². The van der Waals surface area contributed by atoms with Gasteiger partial charge in [-0.15, -0.1) is 13.2 Å². The topological polar surface area (TPSA) is 82.6 Å². The number of alkyl halides is 3. The van der Waals surface area contributed by atoms with E-state index in [4.69, 9.17) is 5.11 Å². The van der Waals surface area contributed by atoms with Crippen LogP contribution in [0.2, 0.25) is 0 Å². The van der Waals surface area contributed by atoms with Crippen LogP contribution >= 0.6 is 0 Å². The molecule has 0 radical (unpaired) electrons. The molecule has 0 saturated carbocycles. The normalized spacial score (nSPS) is 12.9. The van der Waals surface area contributed by atoms with Crippen molar-refractivity contribution < 1.29 is 27.8 Å². The summed E-state index contributed by atoms with van der Waals surface area (Å²) in [7, 11) is 0. The second-order valence-corrected chi connectivity index (χ2v) is 5.03. The smallest absolute Gasteiger partial charge is 0.394 e. The van der Waals surface area contributed by atoms with Gasteiger partial charge in [0, 0.05) is 18.7 Å². The van der Waals surface area contributed by atoms with Crippen LogP contribution in [0.3, 0.4) is 0 Å². The molecule has 0 heterocycles. The molecule has 0 aromatic heterocycles. The Labute approximate surface area is 138 Å². The molecule has 0 aliphatic heterocycles. The third kappa shape index (κ3) is 8.25. The fourth-order valence-electron chi connectivity index (χ4n) is 1.79. The minimum absolute atomic E-state index is 0.000431. The molecule has 1 aromatic rings. The highest BCUT2D eigenvalue weighted by Crippen LogP contribution is 2.15. The monoisotopic (exact) mass is 349 g/mol. The van der Waals surface area contributed by atoms with Gasteiger partial charge in [0.15, 0.2) is 0 Å². The zero-order chi connectivity index (χ0) is 18.0. The maximum absolute atomic E-state index is 11.9. The lowest BCUT2D eigenvalue weighted by Gasteiger charge is -2.14. The van der Waals surface area contributed by atoms with Gasteiger partial charge in [-0.3, -0.25) is 20.4 Å². The number of nitrogens with one attached hydrogen (secondary N) is 3. The number of carbonyl (C=O) groups is 1. The van der Waals surface area contributed by atoms with Gasteiger partial charge in [0.25, 0.3) is 5.91 Å². The van der Waals surface area contributed by atoms with Crippen molar-refractivity contribution in [2.24, 2.45) is 0 Å². The lowest BCUT2D eigenvalue weighted by Crippen LogP contribution is -2.37. The van der Waals surface area contributed by atoms with Gasteiger partial charge in [-0.1, -0.05) is 19.1 Å². The predicted octanol–water partition coefficient (Wildman–Crippen LogP) is 1.32. The molecular weight excluding hydrogens is 327 g/mol. The average molecular weight is 349 g/mol. The van der Waals surface area contributed by atoms with Gasteiger partial charge in [-0.05, 0) is 24.1 Å². The van der Waals surface area contributed by atoms with Crippen LogP contribution in [0.25, 0.3) is 0 Å². The Kier molecular flexibility index (Phi) is 8.69. The Morgan fingerprint density at radius 2 is 1.92 bits per heavy atom. The van der Waals surface area contributed by atoms with Crippen LogP contribution in [-0.4, -0.2) is 43.2 Å². The minimum Gasteiger partial charge on any atom is -0.394 e. The van der Waals surface area contributed by atoms with E-state index in [1.54, 1.807) is 24.3 Å². The largest absolute Gasteiger partial charge is 0.522 e. The zero-order valence-corrected chi connectivity index (χ0v) is 13.3. The van der Waals surface area contributed by atoms with Gasteiger partial charge >= 0.3 is 6.36 Å². The number of rotatable bonds is 10. The van der Waals surface area contributed by atoms with Gasteiger partial charge in [0.2, 0.25) is 0 Å². The van der Waals surface area contributed by atoms with Crippen molar-refractivity contribution >= 4 is 5.91 Å². The molecule has 1 aromatic carbocycles. The molecule has 1 amide bonds. The highest BCUT2D eigenvalue weighted by molar-refractivity contribution is 5.94. The number of aliphatic hydroxyl groups excluding tert-OH is 1. The number of hydrogen-bond acceptors (Lipinski definition) is 5. The standard InChI is InChI=1S/C15H22F3N3O3/c1-2-13(10-22)21-14(23)12-5-3-11(4-6-12)9-20-19-7-8-24-15(16,17)18/h3-6,13,19-20,22H,2,7-10H2,1H3,(H,21,23). The molecule has 0 fully saturated rings. The van der Waals surface area contributed by atoms with Gasteiger partial charge in [0.05, 0.1) is 19.3 Å². The molecule has 0 bridgehead atoms. The first-order valence-electron chi connectivity index (χ1n) is 7.52. The van der Waals surface area contributed by atoms with E-state index >= 15 is 0 Å². The van der Waals surface area contributed by atoms with Crippen molar-refractivity contribution in [3.05, 3.63) is 35.4 Å². The molecule has 4 N–H and O–H groups in total. The van der Waals surface area contributed by atoms with Crippen LogP contribution in [-0.2, 0) is 11.3 Å². The molecule has 1 unspecified atom stereocenters. The molecule has 136 valence electrons. The van der Waals surface area contributed by atoms with E-state index in [1.165, 1.54) is 0 Å². The van der Waals surface area contributed by atoms with E-state index in [2.05, 4.69) is 20.9 Å². The summed E-state index contributed by atoms with van der Waals surface area (Å²) in [4.78, 5) is 11.9. The van der Waals surface area contributed by atoms with Crippen molar-refractivity contribution in [2.75, 3.05) is 19.8 Å². The fourth-order valence-corrected chi connectivity index (χ4v) is 1.79. The number of ether oxygens (including phenoxy) is 1. The first-order valence-corrected chi connectivity index (χ1v) is 7.52. The minimum atomic E-state index is -4.62. The lowest BCUT2D eigenvalue weighted by atomic mass is 10.1. The van der Waals surface area contributed by atoms with E-state index in [-0.39, 0.29) is 25.1 Å². The Balaban J connectivity index is 2.31. The van der Waals surface area contributed by atoms with Gasteiger partial charge < -0.3 is 10.4 Å². The number of benzene rings is 1. The van der Waals surface area contributed by atoms with E-state index in [0.717, 1.165) is 5.56 Å². The summed E-state index contributed by atoms with van der Waals surface area (Å²) < 4.78 is 38.8. The van der Waals surface area contributed by atoms with Crippen LogP contribution in [0.15, 0.2) is 24.3 Å². The second-order valence-electron chi connectivity index (χ2n) is 5.03. The second kappa shape index (κ2) is 10.2. The maximum atomic E-state index is 11.9. The summed E-state index contributed by atoms with van der Waals surface area (Å²) in [6.45, 7) is 1.64. The fraction of sp³-hybridized carbons (Fsp3) is 0.533. The van der Waals surface area contributed by atoms with E-state index in [1.807, 2.05) is 6.92 Å². The van der Waals surface area contributed by atoms with Crippen molar-refractivity contribution in [3.63, 3.8) is 0 Å². The third-order valence-corrected chi connectivity index (χ3v) is 3.17. The SMILES string of the molecule is CCC(CO)NC(=O)c1ccc(CNNCCOC(F)(F)F)cc1. The average Bonchev–Trinajstić information content (AvgIpc) is 2.55. The number of hydrogen-bond donors (Lipinski definition) is 4.